The molecule has 18 heavy (non-hydrogen) atoms. The topological polar surface area (TPSA) is 54.2 Å². The molecule has 1 atom stereocenters. The Hall–Kier alpha value is -0.810. The molecule has 5 heteroatoms. The zero-order chi connectivity index (χ0) is 13.1. The number of nitrogen functional groups attached to an aromatic ring is 1. The number of halogens is 1. The van der Waals surface area contributed by atoms with Crippen molar-refractivity contribution < 1.29 is 0 Å². The monoisotopic (exact) mass is 312 g/mol. The molecule has 100 valence electrons. The predicted octanol–water partition coefficient (Wildman–Crippen LogP) is 2.63. The van der Waals surface area contributed by atoms with Gasteiger partial charge in [0.1, 0.15) is 5.82 Å². The van der Waals surface area contributed by atoms with Gasteiger partial charge in [0.15, 0.2) is 0 Å². The molecule has 0 aliphatic carbocycles. The van der Waals surface area contributed by atoms with Crippen molar-refractivity contribution in [2.24, 2.45) is 0 Å². The van der Waals surface area contributed by atoms with E-state index in [0.717, 1.165) is 34.6 Å². The third-order valence-corrected chi connectivity index (χ3v) is 4.68. The number of hydrogen-bond acceptors (Lipinski definition) is 4. The minimum atomic E-state index is 0.626. The van der Waals surface area contributed by atoms with Crippen LogP contribution in [-0.4, -0.2) is 35.6 Å². The number of nitrogens with two attached hydrogens (primary N) is 1. The molecule has 0 aromatic carbocycles. The smallest absolute Gasteiger partial charge is 0.140 e. The standard InChI is InChI=1S/C13H21BrN4/c1-3-18-6-4-5-10(18)7-16-13-12(14)9(2)11(15)8-17-13/h8,10H,3-7,15H2,1-2H3,(H,16,17). The molecule has 3 N–H and O–H groups in total. The van der Waals surface area contributed by atoms with Gasteiger partial charge in [0.05, 0.1) is 16.4 Å². The third-order valence-electron chi connectivity index (χ3n) is 3.71. The van der Waals surface area contributed by atoms with E-state index in [9.17, 15) is 0 Å². The SMILES string of the molecule is CCN1CCCC1CNc1ncc(N)c(C)c1Br. The van der Waals surface area contributed by atoms with Crippen molar-refractivity contribution in [1.29, 1.82) is 0 Å². The Morgan fingerprint density at radius 3 is 3.11 bits per heavy atom. The molecule has 0 radical (unpaired) electrons. The average Bonchev–Trinajstić information content (AvgIpc) is 2.82. The Morgan fingerprint density at radius 2 is 2.39 bits per heavy atom. The number of hydrogen-bond donors (Lipinski definition) is 2. The number of nitrogens with one attached hydrogen (secondary N) is 1. The first-order valence-corrected chi connectivity index (χ1v) is 7.31. The molecule has 1 aromatic rings. The second kappa shape index (κ2) is 5.89. The number of nitrogens with zero attached hydrogens (tertiary/aromatic N) is 2. The highest BCUT2D eigenvalue weighted by Crippen LogP contribution is 2.28. The van der Waals surface area contributed by atoms with Gasteiger partial charge in [0.25, 0.3) is 0 Å². The number of aromatic nitrogens is 1. The van der Waals surface area contributed by atoms with E-state index < -0.39 is 0 Å². The van der Waals surface area contributed by atoms with Crippen molar-refractivity contribution in [1.82, 2.24) is 9.88 Å². The molecule has 2 heterocycles. The molecule has 1 aliphatic heterocycles. The molecule has 2 rings (SSSR count). The van der Waals surface area contributed by atoms with E-state index in [-0.39, 0.29) is 0 Å². The van der Waals surface area contributed by atoms with E-state index in [2.05, 4.69) is 38.1 Å². The summed E-state index contributed by atoms with van der Waals surface area (Å²) in [6, 6.07) is 0.626. The summed E-state index contributed by atoms with van der Waals surface area (Å²) in [5, 5.41) is 3.43. The van der Waals surface area contributed by atoms with Gasteiger partial charge in [-0.15, -0.1) is 0 Å². The molecule has 1 aromatic heterocycles. The fourth-order valence-corrected chi connectivity index (χ4v) is 2.94. The maximum atomic E-state index is 5.82. The van der Waals surface area contributed by atoms with Gasteiger partial charge in [-0.05, 0) is 54.3 Å². The van der Waals surface area contributed by atoms with Gasteiger partial charge >= 0.3 is 0 Å². The van der Waals surface area contributed by atoms with Crippen molar-refractivity contribution in [3.05, 3.63) is 16.2 Å². The largest absolute Gasteiger partial charge is 0.397 e. The van der Waals surface area contributed by atoms with E-state index in [0.29, 0.717) is 6.04 Å². The highest BCUT2D eigenvalue weighted by Gasteiger charge is 2.22. The van der Waals surface area contributed by atoms with Gasteiger partial charge in [-0.25, -0.2) is 4.98 Å². The second-order valence-electron chi connectivity index (χ2n) is 4.81. The molecule has 0 spiro atoms. The normalized spacial score (nSPS) is 20.3. The predicted molar refractivity (Wildman–Crippen MR) is 79.8 cm³/mol. The molecule has 1 aliphatic rings. The first-order chi connectivity index (χ1) is 8.63. The van der Waals surface area contributed by atoms with Gasteiger partial charge in [0.2, 0.25) is 0 Å². The van der Waals surface area contributed by atoms with Gasteiger partial charge in [0, 0.05) is 12.6 Å². The van der Waals surface area contributed by atoms with E-state index in [1.165, 1.54) is 19.4 Å². The Kier molecular flexibility index (Phi) is 4.45. The van der Waals surface area contributed by atoms with Crippen molar-refractivity contribution in [2.75, 3.05) is 30.7 Å². The van der Waals surface area contributed by atoms with Crippen LogP contribution >= 0.6 is 15.9 Å². The maximum Gasteiger partial charge on any atom is 0.140 e. The van der Waals surface area contributed by atoms with Crippen LogP contribution in [0.2, 0.25) is 0 Å². The van der Waals surface area contributed by atoms with Gasteiger partial charge in [-0.1, -0.05) is 6.92 Å². The second-order valence-corrected chi connectivity index (χ2v) is 5.60. The van der Waals surface area contributed by atoms with E-state index in [1.54, 1.807) is 6.20 Å². The van der Waals surface area contributed by atoms with Crippen LogP contribution in [0.1, 0.15) is 25.3 Å². The number of likely N-dealkylation sites (tertiary alicyclic amines) is 1. The molecular formula is C13H21BrN4. The Morgan fingerprint density at radius 1 is 1.61 bits per heavy atom. The van der Waals surface area contributed by atoms with Crippen LogP contribution in [0.4, 0.5) is 11.5 Å². The lowest BCUT2D eigenvalue weighted by atomic mass is 10.2. The summed E-state index contributed by atoms with van der Waals surface area (Å²) in [6.07, 6.45) is 4.29. The summed E-state index contributed by atoms with van der Waals surface area (Å²) in [5.74, 6) is 0.893. The van der Waals surface area contributed by atoms with Crippen LogP contribution in [0.15, 0.2) is 10.7 Å². The summed E-state index contributed by atoms with van der Waals surface area (Å²) in [7, 11) is 0. The lowest BCUT2D eigenvalue weighted by molar-refractivity contribution is 0.277. The van der Waals surface area contributed by atoms with E-state index >= 15 is 0 Å². The highest BCUT2D eigenvalue weighted by molar-refractivity contribution is 9.10. The number of rotatable bonds is 4. The molecule has 0 saturated carbocycles. The average molecular weight is 313 g/mol. The minimum absolute atomic E-state index is 0.626. The molecule has 4 nitrogen and oxygen atoms in total. The quantitative estimate of drug-likeness (QED) is 0.897. The summed E-state index contributed by atoms with van der Waals surface area (Å²) in [6.45, 7) is 7.52. The lowest BCUT2D eigenvalue weighted by Crippen LogP contribution is -2.34. The van der Waals surface area contributed by atoms with Crippen molar-refractivity contribution in [3.63, 3.8) is 0 Å². The molecule has 1 saturated heterocycles. The molecule has 0 bridgehead atoms. The molecular weight excluding hydrogens is 292 g/mol. The van der Waals surface area contributed by atoms with Crippen LogP contribution in [0, 0.1) is 6.92 Å². The number of pyridine rings is 1. The Labute approximate surface area is 117 Å². The van der Waals surface area contributed by atoms with E-state index in [4.69, 9.17) is 5.73 Å². The molecule has 1 unspecified atom stereocenters. The lowest BCUT2D eigenvalue weighted by Gasteiger charge is -2.23. The number of anilines is 2. The first-order valence-electron chi connectivity index (χ1n) is 6.52. The van der Waals surface area contributed by atoms with Crippen LogP contribution in [0.3, 0.4) is 0 Å². The van der Waals surface area contributed by atoms with Crippen LogP contribution in [0.5, 0.6) is 0 Å². The third kappa shape index (κ3) is 2.78. The highest BCUT2D eigenvalue weighted by atomic mass is 79.9. The molecule has 1 fully saturated rings. The molecule has 0 amide bonds. The van der Waals surface area contributed by atoms with Crippen LogP contribution in [0.25, 0.3) is 0 Å². The van der Waals surface area contributed by atoms with E-state index in [1.807, 2.05) is 6.92 Å². The Balaban J connectivity index is 2.00. The zero-order valence-electron chi connectivity index (χ0n) is 11.0. The summed E-state index contributed by atoms with van der Waals surface area (Å²) >= 11 is 3.55. The maximum absolute atomic E-state index is 5.82. The van der Waals surface area contributed by atoms with Crippen molar-refractivity contribution in [2.45, 2.75) is 32.7 Å². The Bertz CT molecular complexity index is 422. The summed E-state index contributed by atoms with van der Waals surface area (Å²) in [5.41, 5.74) is 7.60. The van der Waals surface area contributed by atoms with Crippen LogP contribution < -0.4 is 11.1 Å². The van der Waals surface area contributed by atoms with Crippen molar-refractivity contribution in [3.8, 4) is 0 Å². The number of likely N-dealkylation sites (N-methyl/N-ethyl adjacent to an activating group) is 1. The van der Waals surface area contributed by atoms with Gasteiger partial charge in [-0.2, -0.15) is 0 Å². The fourth-order valence-electron chi connectivity index (χ4n) is 2.47. The first kappa shape index (κ1) is 13.6. The summed E-state index contributed by atoms with van der Waals surface area (Å²) < 4.78 is 0.976. The minimum Gasteiger partial charge on any atom is -0.397 e. The van der Waals surface area contributed by atoms with Crippen LogP contribution in [-0.2, 0) is 0 Å². The zero-order valence-corrected chi connectivity index (χ0v) is 12.6. The van der Waals surface area contributed by atoms with Gasteiger partial charge in [-0.3, -0.25) is 4.90 Å². The summed E-state index contributed by atoms with van der Waals surface area (Å²) in [4.78, 5) is 6.87. The van der Waals surface area contributed by atoms with Gasteiger partial charge < -0.3 is 11.1 Å². The fraction of sp³-hybridized carbons (Fsp3) is 0.615. The van der Waals surface area contributed by atoms with Crippen molar-refractivity contribution >= 4 is 27.4 Å².